The lowest BCUT2D eigenvalue weighted by atomic mass is 10.3. The van der Waals surface area contributed by atoms with Crippen molar-refractivity contribution in [2.24, 2.45) is 0 Å². The molecule has 13 heavy (non-hydrogen) atoms. The van der Waals surface area contributed by atoms with E-state index in [0.29, 0.717) is 0 Å². The fourth-order valence-corrected chi connectivity index (χ4v) is 1.28. The first-order valence-corrected chi connectivity index (χ1v) is 4.08. The van der Waals surface area contributed by atoms with Crippen LogP contribution in [0.2, 0.25) is 0 Å². The summed E-state index contributed by atoms with van der Waals surface area (Å²) < 4.78 is 0. The molecule has 0 aliphatic heterocycles. The Morgan fingerprint density at radius 3 is 2.08 bits per heavy atom. The zero-order valence-corrected chi connectivity index (χ0v) is 7.60. The van der Waals surface area contributed by atoms with Crippen molar-refractivity contribution in [2.45, 2.75) is 13.8 Å². The molecule has 0 saturated carbocycles. The third kappa shape index (κ3) is 1.56. The Morgan fingerprint density at radius 2 is 1.54 bits per heavy atom. The van der Waals surface area contributed by atoms with Gasteiger partial charge in [0.05, 0.1) is 18.1 Å². The zero-order valence-electron chi connectivity index (χ0n) is 7.60. The van der Waals surface area contributed by atoms with Gasteiger partial charge in [-0.2, -0.15) is 15.0 Å². The van der Waals surface area contributed by atoms with Gasteiger partial charge in [-0.25, -0.2) is 0 Å². The number of rotatable bonds is 1. The highest BCUT2D eigenvalue weighted by molar-refractivity contribution is 5.32. The van der Waals surface area contributed by atoms with Crippen molar-refractivity contribution in [1.82, 2.24) is 20.0 Å². The van der Waals surface area contributed by atoms with Gasteiger partial charge in [0.2, 0.25) is 0 Å². The number of hydrogen-bond acceptors (Lipinski definition) is 3. The van der Waals surface area contributed by atoms with Crippen LogP contribution in [0.4, 0.5) is 0 Å². The van der Waals surface area contributed by atoms with Crippen LogP contribution >= 0.6 is 0 Å². The van der Waals surface area contributed by atoms with Crippen LogP contribution in [0.5, 0.6) is 0 Å². The third-order valence-electron chi connectivity index (χ3n) is 1.72. The van der Waals surface area contributed by atoms with Gasteiger partial charge >= 0.3 is 0 Å². The molecular weight excluding hydrogens is 164 g/mol. The molecule has 0 bridgehead atoms. The van der Waals surface area contributed by atoms with Gasteiger partial charge in [0.1, 0.15) is 0 Å². The number of aromatic nitrogens is 4. The topological polar surface area (TPSA) is 43.6 Å². The Kier molecular flexibility index (Phi) is 1.81. The van der Waals surface area contributed by atoms with Crippen molar-refractivity contribution in [3.63, 3.8) is 0 Å². The number of hydrogen-bond donors (Lipinski definition) is 0. The molecule has 4 nitrogen and oxygen atoms in total. The van der Waals surface area contributed by atoms with Crippen molar-refractivity contribution in [3.05, 3.63) is 35.9 Å². The maximum Gasteiger partial charge on any atom is 0.0892 e. The monoisotopic (exact) mass is 174 g/mol. The standard InChI is InChI=1S/C9H10N4/c1-7-5-9(6-8(2)12-7)13-10-3-4-11-13/h3-6H,1-2H3. The molecule has 2 aromatic rings. The van der Waals surface area contributed by atoms with Gasteiger partial charge in [-0.1, -0.05) is 0 Å². The van der Waals surface area contributed by atoms with Crippen LogP contribution in [0.1, 0.15) is 11.4 Å². The normalized spacial score (nSPS) is 10.3. The van der Waals surface area contributed by atoms with Crippen LogP contribution < -0.4 is 0 Å². The van der Waals surface area contributed by atoms with Gasteiger partial charge in [-0.15, -0.1) is 0 Å². The lowest BCUT2D eigenvalue weighted by Gasteiger charge is -2.01. The Balaban J connectivity index is 2.53. The van der Waals surface area contributed by atoms with E-state index in [9.17, 15) is 0 Å². The average Bonchev–Trinajstić information content (AvgIpc) is 2.53. The van der Waals surface area contributed by atoms with E-state index in [0.717, 1.165) is 17.1 Å². The highest BCUT2D eigenvalue weighted by Crippen LogP contribution is 2.07. The fraction of sp³-hybridized carbons (Fsp3) is 0.222. The van der Waals surface area contributed by atoms with Crippen LogP contribution in [-0.4, -0.2) is 20.0 Å². The van der Waals surface area contributed by atoms with E-state index in [1.807, 2.05) is 26.0 Å². The smallest absolute Gasteiger partial charge is 0.0892 e. The van der Waals surface area contributed by atoms with Crippen LogP contribution in [-0.2, 0) is 0 Å². The molecule has 0 aliphatic carbocycles. The summed E-state index contributed by atoms with van der Waals surface area (Å²) in [5.74, 6) is 0. The second-order valence-corrected chi connectivity index (χ2v) is 2.93. The summed E-state index contributed by atoms with van der Waals surface area (Å²) in [6, 6.07) is 3.90. The number of aryl methyl sites for hydroxylation is 2. The molecular formula is C9H10N4. The summed E-state index contributed by atoms with van der Waals surface area (Å²) in [4.78, 5) is 5.86. The largest absolute Gasteiger partial charge is 0.258 e. The third-order valence-corrected chi connectivity index (χ3v) is 1.72. The van der Waals surface area contributed by atoms with Crippen molar-refractivity contribution in [3.8, 4) is 5.69 Å². The summed E-state index contributed by atoms with van der Waals surface area (Å²) >= 11 is 0. The number of nitrogens with zero attached hydrogens (tertiary/aromatic N) is 4. The van der Waals surface area contributed by atoms with Gasteiger partial charge in [-0.05, 0) is 26.0 Å². The molecule has 0 saturated heterocycles. The molecule has 2 aromatic heterocycles. The maximum absolute atomic E-state index is 4.28. The minimum Gasteiger partial charge on any atom is -0.258 e. The highest BCUT2D eigenvalue weighted by atomic mass is 15.5. The Morgan fingerprint density at radius 1 is 1.00 bits per heavy atom. The summed E-state index contributed by atoms with van der Waals surface area (Å²) in [7, 11) is 0. The van der Waals surface area contributed by atoms with Crippen LogP contribution in [0.15, 0.2) is 24.5 Å². The van der Waals surface area contributed by atoms with Crippen molar-refractivity contribution >= 4 is 0 Å². The van der Waals surface area contributed by atoms with Gasteiger partial charge < -0.3 is 0 Å². The highest BCUT2D eigenvalue weighted by Gasteiger charge is 1.99. The lowest BCUT2D eigenvalue weighted by molar-refractivity contribution is 0.748. The number of pyridine rings is 1. The molecule has 2 rings (SSSR count). The molecule has 0 fully saturated rings. The van der Waals surface area contributed by atoms with Crippen molar-refractivity contribution in [2.75, 3.05) is 0 Å². The molecule has 0 atom stereocenters. The maximum atomic E-state index is 4.28. The quantitative estimate of drug-likeness (QED) is 0.654. The molecule has 0 N–H and O–H groups in total. The molecule has 4 heteroatoms. The molecule has 0 spiro atoms. The van der Waals surface area contributed by atoms with E-state index in [2.05, 4.69) is 15.2 Å². The SMILES string of the molecule is Cc1cc(-n2nccn2)cc(C)n1. The van der Waals surface area contributed by atoms with Gasteiger partial charge in [0.15, 0.2) is 0 Å². The molecule has 0 aliphatic rings. The van der Waals surface area contributed by atoms with E-state index in [1.54, 1.807) is 17.2 Å². The summed E-state index contributed by atoms with van der Waals surface area (Å²) in [5, 5.41) is 8.09. The summed E-state index contributed by atoms with van der Waals surface area (Å²) in [6.45, 7) is 3.92. The van der Waals surface area contributed by atoms with Crippen LogP contribution in [0.25, 0.3) is 5.69 Å². The van der Waals surface area contributed by atoms with Crippen LogP contribution in [0.3, 0.4) is 0 Å². The first kappa shape index (κ1) is 7.91. The predicted octanol–water partition coefficient (Wildman–Crippen LogP) is 1.28. The summed E-state index contributed by atoms with van der Waals surface area (Å²) in [5.41, 5.74) is 2.91. The van der Waals surface area contributed by atoms with E-state index in [4.69, 9.17) is 0 Å². The Hall–Kier alpha value is -1.71. The van der Waals surface area contributed by atoms with Crippen molar-refractivity contribution < 1.29 is 0 Å². The van der Waals surface area contributed by atoms with Gasteiger partial charge in [0, 0.05) is 11.4 Å². The van der Waals surface area contributed by atoms with E-state index in [-0.39, 0.29) is 0 Å². The minimum absolute atomic E-state index is 0.954. The molecule has 0 unspecified atom stereocenters. The van der Waals surface area contributed by atoms with Crippen molar-refractivity contribution in [1.29, 1.82) is 0 Å². The molecule has 66 valence electrons. The van der Waals surface area contributed by atoms with E-state index >= 15 is 0 Å². The Bertz CT molecular complexity index is 385. The first-order chi connectivity index (χ1) is 6.25. The minimum atomic E-state index is 0.954. The summed E-state index contributed by atoms with van der Waals surface area (Å²) in [6.07, 6.45) is 3.32. The van der Waals surface area contributed by atoms with Gasteiger partial charge in [0.25, 0.3) is 0 Å². The lowest BCUT2D eigenvalue weighted by Crippen LogP contribution is -2.00. The predicted molar refractivity (Wildman–Crippen MR) is 48.6 cm³/mol. The second kappa shape index (κ2) is 2.97. The Labute approximate surface area is 76.2 Å². The average molecular weight is 174 g/mol. The second-order valence-electron chi connectivity index (χ2n) is 2.93. The first-order valence-electron chi connectivity index (χ1n) is 4.08. The zero-order chi connectivity index (χ0) is 9.26. The fourth-order valence-electron chi connectivity index (χ4n) is 1.28. The molecule has 0 amide bonds. The molecule has 0 radical (unpaired) electrons. The van der Waals surface area contributed by atoms with E-state index in [1.165, 1.54) is 0 Å². The molecule has 0 aromatic carbocycles. The van der Waals surface area contributed by atoms with E-state index < -0.39 is 0 Å². The van der Waals surface area contributed by atoms with Gasteiger partial charge in [-0.3, -0.25) is 4.98 Å². The molecule has 2 heterocycles. The van der Waals surface area contributed by atoms with Crippen LogP contribution in [0, 0.1) is 13.8 Å².